The van der Waals surface area contributed by atoms with Gasteiger partial charge in [0.05, 0.1) is 6.54 Å². The van der Waals surface area contributed by atoms with Gasteiger partial charge in [-0.2, -0.15) is 0 Å². The van der Waals surface area contributed by atoms with Crippen molar-refractivity contribution in [3.8, 4) is 0 Å². The number of rotatable bonds is 5. The predicted octanol–water partition coefficient (Wildman–Crippen LogP) is 0.768. The summed E-state index contributed by atoms with van der Waals surface area (Å²) in [7, 11) is -1.80. The highest BCUT2D eigenvalue weighted by molar-refractivity contribution is 7.91. The third-order valence-electron chi connectivity index (χ3n) is 4.56. The fraction of sp³-hybridized carbons (Fsp3) is 0.643. The molecule has 0 saturated carbocycles. The second-order valence-corrected chi connectivity index (χ2v) is 8.97. The van der Waals surface area contributed by atoms with Gasteiger partial charge in [0.25, 0.3) is 10.0 Å². The molecule has 0 aliphatic carbocycles. The van der Waals surface area contributed by atoms with Gasteiger partial charge in [0.15, 0.2) is 0 Å². The average Bonchev–Trinajstić information content (AvgIpc) is 3.14. The minimum Gasteiger partial charge on any atom is -0.342 e. The summed E-state index contributed by atoms with van der Waals surface area (Å²) in [5.74, 6) is -0.175. The number of likely N-dealkylation sites (N-methyl/N-ethyl adjacent to an activating group) is 1. The lowest BCUT2D eigenvalue weighted by Crippen LogP contribution is -2.50. The highest BCUT2D eigenvalue weighted by atomic mass is 32.2. The molecule has 3 rings (SSSR count). The second-order valence-electron chi connectivity index (χ2n) is 6.02. The van der Waals surface area contributed by atoms with Crippen LogP contribution in [0.2, 0.25) is 0 Å². The van der Waals surface area contributed by atoms with Gasteiger partial charge in [-0.15, -0.1) is 11.3 Å². The SMILES string of the molecule is CN(C(=O)CNS(=O)(=O)c1cccs1)C1CC2CCC(C1)N2. The van der Waals surface area contributed by atoms with Crippen molar-refractivity contribution in [1.29, 1.82) is 0 Å². The van der Waals surface area contributed by atoms with E-state index in [2.05, 4.69) is 10.0 Å². The minimum absolute atomic E-state index is 0.175. The molecule has 0 radical (unpaired) electrons. The molecule has 1 amide bonds. The van der Waals surface area contributed by atoms with Crippen molar-refractivity contribution >= 4 is 27.3 Å². The molecule has 3 heterocycles. The number of hydrogen-bond acceptors (Lipinski definition) is 5. The average molecular weight is 343 g/mol. The Morgan fingerprint density at radius 1 is 1.41 bits per heavy atom. The number of fused-ring (bicyclic) bond motifs is 2. The molecule has 2 unspecified atom stereocenters. The molecular formula is C14H21N3O3S2. The number of nitrogens with zero attached hydrogens (tertiary/aromatic N) is 1. The van der Waals surface area contributed by atoms with E-state index in [9.17, 15) is 13.2 Å². The molecule has 2 atom stereocenters. The molecule has 2 aliphatic rings. The molecule has 0 spiro atoms. The number of piperidine rings is 1. The Balaban J connectivity index is 1.55. The molecular weight excluding hydrogens is 322 g/mol. The smallest absolute Gasteiger partial charge is 0.250 e. The summed E-state index contributed by atoms with van der Waals surface area (Å²) in [6.07, 6.45) is 4.26. The van der Waals surface area contributed by atoms with Gasteiger partial charge in [0.2, 0.25) is 5.91 Å². The lowest BCUT2D eigenvalue weighted by atomic mass is 9.98. The van der Waals surface area contributed by atoms with Crippen LogP contribution in [0.25, 0.3) is 0 Å². The van der Waals surface area contributed by atoms with E-state index in [1.807, 2.05) is 0 Å². The van der Waals surface area contributed by atoms with E-state index in [1.54, 1.807) is 23.4 Å². The van der Waals surface area contributed by atoms with Crippen molar-refractivity contribution < 1.29 is 13.2 Å². The maximum Gasteiger partial charge on any atom is 0.250 e. The molecule has 2 aliphatic heterocycles. The van der Waals surface area contributed by atoms with Gasteiger partial charge in [-0.25, -0.2) is 13.1 Å². The third-order valence-corrected chi connectivity index (χ3v) is 7.36. The van der Waals surface area contributed by atoms with E-state index < -0.39 is 10.0 Å². The highest BCUT2D eigenvalue weighted by Crippen LogP contribution is 2.29. The number of amides is 1. The molecule has 2 fully saturated rings. The van der Waals surface area contributed by atoms with E-state index in [0.717, 1.165) is 24.2 Å². The Hall–Kier alpha value is -0.960. The molecule has 2 saturated heterocycles. The first-order valence-electron chi connectivity index (χ1n) is 7.50. The molecule has 1 aromatic rings. The van der Waals surface area contributed by atoms with Crippen molar-refractivity contribution in [2.45, 2.75) is 48.0 Å². The van der Waals surface area contributed by atoms with Crippen LogP contribution in [0.3, 0.4) is 0 Å². The number of carbonyl (C=O) groups is 1. The summed E-state index contributed by atoms with van der Waals surface area (Å²) in [5, 5.41) is 5.24. The quantitative estimate of drug-likeness (QED) is 0.828. The Bertz CT molecular complexity index is 618. The second kappa shape index (κ2) is 6.27. The van der Waals surface area contributed by atoms with Crippen LogP contribution < -0.4 is 10.0 Å². The summed E-state index contributed by atoms with van der Waals surface area (Å²) < 4.78 is 26.7. The van der Waals surface area contributed by atoms with E-state index >= 15 is 0 Å². The van der Waals surface area contributed by atoms with Gasteiger partial charge in [-0.05, 0) is 37.1 Å². The lowest BCUT2D eigenvalue weighted by Gasteiger charge is -2.35. The Labute approximate surface area is 134 Å². The van der Waals surface area contributed by atoms with Gasteiger partial charge in [0, 0.05) is 25.2 Å². The standard InChI is InChI=1S/C14H21N3O3S2/c1-17(12-7-10-4-5-11(8-12)16-10)13(18)9-15-22(19,20)14-3-2-6-21-14/h2-3,6,10-12,15-16H,4-5,7-9H2,1H3. The van der Waals surface area contributed by atoms with Crippen LogP contribution >= 0.6 is 11.3 Å². The van der Waals surface area contributed by atoms with Crippen LogP contribution in [-0.2, 0) is 14.8 Å². The first-order valence-corrected chi connectivity index (χ1v) is 9.87. The van der Waals surface area contributed by atoms with Gasteiger partial charge in [-0.1, -0.05) is 6.07 Å². The van der Waals surface area contributed by atoms with Gasteiger partial charge in [-0.3, -0.25) is 4.79 Å². The topological polar surface area (TPSA) is 78.5 Å². The number of nitrogens with one attached hydrogen (secondary N) is 2. The van der Waals surface area contributed by atoms with Gasteiger partial charge in [0.1, 0.15) is 4.21 Å². The van der Waals surface area contributed by atoms with E-state index in [4.69, 9.17) is 0 Å². The number of thiophene rings is 1. The minimum atomic E-state index is -3.58. The molecule has 2 bridgehead atoms. The van der Waals surface area contributed by atoms with Gasteiger partial charge < -0.3 is 10.2 Å². The van der Waals surface area contributed by atoms with Crippen molar-refractivity contribution in [3.63, 3.8) is 0 Å². The fourth-order valence-corrected chi connectivity index (χ4v) is 5.33. The van der Waals surface area contributed by atoms with Crippen LogP contribution in [-0.4, -0.2) is 50.9 Å². The summed E-state index contributed by atoms with van der Waals surface area (Å²) in [6.45, 7) is -0.185. The first kappa shape index (κ1) is 15.9. The number of sulfonamides is 1. The van der Waals surface area contributed by atoms with E-state index in [-0.39, 0.29) is 22.7 Å². The molecule has 8 heteroatoms. The van der Waals surface area contributed by atoms with Crippen LogP contribution in [0.4, 0.5) is 0 Å². The zero-order valence-electron chi connectivity index (χ0n) is 12.5. The lowest BCUT2D eigenvalue weighted by molar-refractivity contribution is -0.131. The molecule has 1 aromatic heterocycles. The number of hydrogen-bond donors (Lipinski definition) is 2. The fourth-order valence-electron chi connectivity index (χ4n) is 3.32. The molecule has 2 N–H and O–H groups in total. The van der Waals surface area contributed by atoms with E-state index in [1.165, 1.54) is 18.9 Å². The normalized spacial score (nSPS) is 27.8. The summed E-state index contributed by atoms with van der Waals surface area (Å²) in [5.41, 5.74) is 0. The molecule has 122 valence electrons. The van der Waals surface area contributed by atoms with E-state index in [0.29, 0.717) is 12.1 Å². The van der Waals surface area contributed by atoms with Crippen LogP contribution in [0, 0.1) is 0 Å². The van der Waals surface area contributed by atoms with Crippen molar-refractivity contribution in [2.24, 2.45) is 0 Å². The monoisotopic (exact) mass is 343 g/mol. The zero-order chi connectivity index (χ0) is 15.7. The summed E-state index contributed by atoms with van der Waals surface area (Å²) >= 11 is 1.14. The maximum atomic E-state index is 12.3. The van der Waals surface area contributed by atoms with Gasteiger partial charge >= 0.3 is 0 Å². The van der Waals surface area contributed by atoms with Crippen molar-refractivity contribution in [3.05, 3.63) is 17.5 Å². The number of carbonyl (C=O) groups excluding carboxylic acids is 1. The Morgan fingerprint density at radius 2 is 2.09 bits per heavy atom. The first-order chi connectivity index (χ1) is 10.5. The maximum absolute atomic E-state index is 12.3. The third kappa shape index (κ3) is 3.34. The summed E-state index contributed by atoms with van der Waals surface area (Å²) in [6, 6.07) is 4.42. The Morgan fingerprint density at radius 3 is 2.68 bits per heavy atom. The molecule has 22 heavy (non-hydrogen) atoms. The molecule has 6 nitrogen and oxygen atoms in total. The van der Waals surface area contributed by atoms with Crippen molar-refractivity contribution in [2.75, 3.05) is 13.6 Å². The molecule has 0 aromatic carbocycles. The van der Waals surface area contributed by atoms with Crippen LogP contribution in [0.15, 0.2) is 21.7 Å². The van der Waals surface area contributed by atoms with Crippen molar-refractivity contribution in [1.82, 2.24) is 14.9 Å². The largest absolute Gasteiger partial charge is 0.342 e. The highest BCUT2D eigenvalue weighted by Gasteiger charge is 2.36. The zero-order valence-corrected chi connectivity index (χ0v) is 14.1. The summed E-state index contributed by atoms with van der Waals surface area (Å²) in [4.78, 5) is 14.0. The van der Waals surface area contributed by atoms with Crippen LogP contribution in [0.5, 0.6) is 0 Å². The predicted molar refractivity (Wildman–Crippen MR) is 85.2 cm³/mol. The Kier molecular flexibility index (Phi) is 4.54. The van der Waals surface area contributed by atoms with Crippen LogP contribution in [0.1, 0.15) is 25.7 Å².